The molecule has 2 heterocycles. The highest BCUT2D eigenvalue weighted by molar-refractivity contribution is 9.10. The van der Waals surface area contributed by atoms with E-state index in [-0.39, 0.29) is 5.56 Å². The molecule has 20 heavy (non-hydrogen) atoms. The zero-order valence-corrected chi connectivity index (χ0v) is 12.5. The second-order valence-corrected chi connectivity index (χ2v) is 5.77. The molecule has 0 amide bonds. The number of hydrogen-bond donors (Lipinski definition) is 1. The van der Waals surface area contributed by atoms with Crippen LogP contribution in [0.1, 0.15) is 12.2 Å². The van der Waals surface area contributed by atoms with Crippen molar-refractivity contribution in [3.05, 3.63) is 51.0 Å². The maximum Gasteiger partial charge on any atom is 0.265 e. The second kappa shape index (κ2) is 5.89. The average molecular weight is 335 g/mol. The number of halogens is 1. The Balaban J connectivity index is 1.97. The van der Waals surface area contributed by atoms with E-state index in [2.05, 4.69) is 25.9 Å². The number of nitrogens with one attached hydrogen (secondary N) is 1. The molecule has 0 radical (unpaired) electrons. The highest BCUT2D eigenvalue weighted by Gasteiger charge is 2.19. The summed E-state index contributed by atoms with van der Waals surface area (Å²) in [5.74, 6) is 1.18. The van der Waals surface area contributed by atoms with Crippen molar-refractivity contribution in [1.29, 1.82) is 0 Å². The number of benzene rings is 1. The number of aromatic amines is 1. The van der Waals surface area contributed by atoms with Crippen molar-refractivity contribution in [3.8, 4) is 11.3 Å². The number of rotatable bonds is 3. The van der Waals surface area contributed by atoms with Gasteiger partial charge in [0, 0.05) is 25.2 Å². The number of ether oxygens (including phenoxy) is 1. The van der Waals surface area contributed by atoms with Gasteiger partial charge in [0.25, 0.3) is 5.56 Å². The summed E-state index contributed by atoms with van der Waals surface area (Å²) in [5, 5.41) is 0. The van der Waals surface area contributed by atoms with Crippen molar-refractivity contribution >= 4 is 15.9 Å². The molecule has 1 fully saturated rings. The van der Waals surface area contributed by atoms with Gasteiger partial charge < -0.3 is 9.72 Å². The van der Waals surface area contributed by atoms with Gasteiger partial charge in [-0.3, -0.25) is 4.79 Å². The lowest BCUT2D eigenvalue weighted by Gasteiger charge is -2.09. The Morgan fingerprint density at radius 3 is 2.85 bits per heavy atom. The van der Waals surface area contributed by atoms with Gasteiger partial charge in [-0.2, -0.15) is 0 Å². The van der Waals surface area contributed by atoms with Crippen molar-refractivity contribution in [3.63, 3.8) is 0 Å². The lowest BCUT2D eigenvalue weighted by Crippen LogP contribution is -2.17. The van der Waals surface area contributed by atoms with Gasteiger partial charge in [-0.05, 0) is 28.3 Å². The smallest absolute Gasteiger partial charge is 0.265 e. The van der Waals surface area contributed by atoms with E-state index in [4.69, 9.17) is 4.74 Å². The summed E-state index contributed by atoms with van der Waals surface area (Å²) in [5.41, 5.74) is 1.51. The Morgan fingerprint density at radius 1 is 1.35 bits per heavy atom. The van der Waals surface area contributed by atoms with Gasteiger partial charge in [-0.15, -0.1) is 0 Å². The minimum absolute atomic E-state index is 0.132. The topological polar surface area (TPSA) is 55.0 Å². The molecule has 2 aromatic rings. The van der Waals surface area contributed by atoms with Gasteiger partial charge >= 0.3 is 0 Å². The molecule has 1 aromatic heterocycles. The Morgan fingerprint density at radius 2 is 2.15 bits per heavy atom. The molecule has 0 bridgehead atoms. The van der Waals surface area contributed by atoms with Gasteiger partial charge in [0.05, 0.1) is 5.69 Å². The summed E-state index contributed by atoms with van der Waals surface area (Å²) in [6.07, 6.45) is 1.78. The van der Waals surface area contributed by atoms with Gasteiger partial charge in [-0.25, -0.2) is 4.98 Å². The standard InChI is InChI=1S/C15H15BrN2O2/c16-13-14(11-4-2-1-3-5-11)17-12(18-15(13)19)8-10-6-7-20-9-10/h1-5,10H,6-9H2,(H,17,18,19). The molecule has 1 atom stereocenters. The SMILES string of the molecule is O=c1[nH]c(CC2CCOC2)nc(-c2ccccc2)c1Br. The molecule has 5 heteroatoms. The van der Waals surface area contributed by atoms with Crippen LogP contribution in [0.2, 0.25) is 0 Å². The molecule has 1 aliphatic heterocycles. The molecule has 1 unspecified atom stereocenters. The molecule has 1 aliphatic rings. The van der Waals surface area contributed by atoms with Gasteiger partial charge in [0.15, 0.2) is 0 Å². The molecular weight excluding hydrogens is 320 g/mol. The van der Waals surface area contributed by atoms with Crippen molar-refractivity contribution in [2.24, 2.45) is 5.92 Å². The van der Waals surface area contributed by atoms with Crippen molar-refractivity contribution in [1.82, 2.24) is 9.97 Å². The van der Waals surface area contributed by atoms with E-state index in [1.54, 1.807) is 0 Å². The maximum atomic E-state index is 12.0. The molecule has 4 nitrogen and oxygen atoms in total. The first-order chi connectivity index (χ1) is 9.74. The fraction of sp³-hybridized carbons (Fsp3) is 0.333. The predicted octanol–water partition coefficient (Wildman–Crippen LogP) is 2.78. The van der Waals surface area contributed by atoms with Crippen LogP contribution in [-0.2, 0) is 11.2 Å². The molecule has 3 rings (SSSR count). The minimum Gasteiger partial charge on any atom is -0.381 e. The van der Waals surface area contributed by atoms with Crippen LogP contribution in [0.4, 0.5) is 0 Å². The van der Waals surface area contributed by atoms with Crippen LogP contribution >= 0.6 is 15.9 Å². The molecule has 0 spiro atoms. The van der Waals surface area contributed by atoms with Crippen LogP contribution in [-0.4, -0.2) is 23.2 Å². The first-order valence-electron chi connectivity index (χ1n) is 6.66. The summed E-state index contributed by atoms with van der Waals surface area (Å²) in [7, 11) is 0. The minimum atomic E-state index is -0.132. The normalized spacial score (nSPS) is 18.4. The van der Waals surface area contributed by atoms with E-state index in [1.165, 1.54) is 0 Å². The van der Waals surface area contributed by atoms with E-state index in [0.717, 1.165) is 37.4 Å². The Labute approximate surface area is 125 Å². The van der Waals surface area contributed by atoms with E-state index in [9.17, 15) is 4.79 Å². The van der Waals surface area contributed by atoms with Gasteiger partial charge in [0.1, 0.15) is 10.3 Å². The second-order valence-electron chi connectivity index (χ2n) is 4.97. The van der Waals surface area contributed by atoms with Crippen LogP contribution in [0.5, 0.6) is 0 Å². The van der Waals surface area contributed by atoms with E-state index in [0.29, 0.717) is 16.1 Å². The molecular formula is C15H15BrN2O2. The van der Waals surface area contributed by atoms with Crippen molar-refractivity contribution < 1.29 is 4.74 Å². The van der Waals surface area contributed by atoms with Crippen LogP contribution < -0.4 is 5.56 Å². The zero-order chi connectivity index (χ0) is 13.9. The monoisotopic (exact) mass is 334 g/mol. The number of aromatic nitrogens is 2. The number of nitrogens with zero attached hydrogens (tertiary/aromatic N) is 1. The first kappa shape index (κ1) is 13.5. The van der Waals surface area contributed by atoms with E-state index in [1.807, 2.05) is 30.3 Å². The average Bonchev–Trinajstić information content (AvgIpc) is 2.96. The molecule has 1 saturated heterocycles. The number of H-pyrrole nitrogens is 1. The highest BCUT2D eigenvalue weighted by Crippen LogP contribution is 2.24. The van der Waals surface area contributed by atoms with E-state index < -0.39 is 0 Å². The third kappa shape index (κ3) is 2.83. The Kier molecular flexibility index (Phi) is 3.98. The van der Waals surface area contributed by atoms with Crippen LogP contribution in [0.15, 0.2) is 39.6 Å². The van der Waals surface area contributed by atoms with Crippen molar-refractivity contribution in [2.45, 2.75) is 12.8 Å². The highest BCUT2D eigenvalue weighted by atomic mass is 79.9. The largest absolute Gasteiger partial charge is 0.381 e. The third-order valence-corrected chi connectivity index (χ3v) is 4.20. The van der Waals surface area contributed by atoms with Crippen LogP contribution in [0.3, 0.4) is 0 Å². The fourth-order valence-corrected chi connectivity index (χ4v) is 2.82. The lowest BCUT2D eigenvalue weighted by atomic mass is 10.0. The van der Waals surface area contributed by atoms with Crippen molar-refractivity contribution in [2.75, 3.05) is 13.2 Å². The quantitative estimate of drug-likeness (QED) is 0.938. The lowest BCUT2D eigenvalue weighted by molar-refractivity contribution is 0.185. The first-order valence-corrected chi connectivity index (χ1v) is 7.45. The Bertz CT molecular complexity index is 649. The summed E-state index contributed by atoms with van der Waals surface area (Å²) in [6.45, 7) is 1.55. The van der Waals surface area contributed by atoms with Gasteiger partial charge in [-0.1, -0.05) is 30.3 Å². The molecule has 1 N–H and O–H groups in total. The summed E-state index contributed by atoms with van der Waals surface area (Å²) < 4.78 is 5.85. The van der Waals surface area contributed by atoms with E-state index >= 15 is 0 Å². The van der Waals surface area contributed by atoms with Gasteiger partial charge in [0.2, 0.25) is 0 Å². The predicted molar refractivity (Wildman–Crippen MR) is 80.6 cm³/mol. The summed E-state index contributed by atoms with van der Waals surface area (Å²) >= 11 is 3.33. The zero-order valence-electron chi connectivity index (χ0n) is 10.9. The maximum absolute atomic E-state index is 12.0. The Hall–Kier alpha value is -1.46. The number of hydrogen-bond acceptors (Lipinski definition) is 3. The summed E-state index contributed by atoms with van der Waals surface area (Å²) in [4.78, 5) is 19.5. The van der Waals surface area contributed by atoms with Crippen LogP contribution in [0.25, 0.3) is 11.3 Å². The molecule has 0 saturated carbocycles. The summed E-state index contributed by atoms with van der Waals surface area (Å²) in [6, 6.07) is 9.73. The molecule has 0 aliphatic carbocycles. The molecule has 104 valence electrons. The fourth-order valence-electron chi connectivity index (χ4n) is 2.41. The molecule has 1 aromatic carbocycles. The third-order valence-electron chi connectivity index (χ3n) is 3.47. The van der Waals surface area contributed by atoms with Crippen LogP contribution in [0, 0.1) is 5.92 Å².